The molecule has 1 aliphatic rings. The van der Waals surface area contributed by atoms with Gasteiger partial charge in [-0.25, -0.2) is 0 Å². The number of nitrogens with one attached hydrogen (secondary N) is 1. The summed E-state index contributed by atoms with van der Waals surface area (Å²) in [6, 6.07) is 11.6. The molecular weight excluding hydrogens is 268 g/mol. The van der Waals surface area contributed by atoms with Gasteiger partial charge in [0.15, 0.2) is 0 Å². The van der Waals surface area contributed by atoms with Crippen LogP contribution in [0.5, 0.6) is 0 Å². The summed E-state index contributed by atoms with van der Waals surface area (Å²) in [4.78, 5) is 2.51. The summed E-state index contributed by atoms with van der Waals surface area (Å²) in [5.74, 6) is 1.55. The molecule has 0 bridgehead atoms. The Hall–Kier alpha value is -0.710. The summed E-state index contributed by atoms with van der Waals surface area (Å²) >= 11 is 0. The highest BCUT2D eigenvalue weighted by Gasteiger charge is 2.27. The monoisotopic (exact) mass is 294 g/mol. The Bertz CT molecular complexity index is 424. The molecule has 112 valence electrons. The SMILES string of the molecule is CCC1CN(CCS(=O)CC)C(c2ccccc2)CN1. The first-order valence-electron chi connectivity index (χ1n) is 7.62. The van der Waals surface area contributed by atoms with Crippen LogP contribution in [0.25, 0.3) is 0 Å². The maximum absolute atomic E-state index is 11.7. The lowest BCUT2D eigenvalue weighted by molar-refractivity contribution is 0.137. The van der Waals surface area contributed by atoms with E-state index in [1.54, 1.807) is 0 Å². The van der Waals surface area contributed by atoms with Gasteiger partial charge in [-0.3, -0.25) is 9.11 Å². The van der Waals surface area contributed by atoms with Crippen LogP contribution < -0.4 is 5.32 Å². The van der Waals surface area contributed by atoms with Gasteiger partial charge in [0.05, 0.1) is 0 Å². The molecule has 3 nitrogen and oxygen atoms in total. The molecule has 1 heterocycles. The molecule has 20 heavy (non-hydrogen) atoms. The molecule has 3 unspecified atom stereocenters. The number of rotatable bonds is 6. The van der Waals surface area contributed by atoms with E-state index in [9.17, 15) is 4.21 Å². The van der Waals surface area contributed by atoms with Crippen molar-refractivity contribution in [3.63, 3.8) is 0 Å². The Labute approximate surface area is 125 Å². The molecule has 1 aliphatic heterocycles. The fourth-order valence-electron chi connectivity index (χ4n) is 2.77. The van der Waals surface area contributed by atoms with E-state index < -0.39 is 10.8 Å². The molecule has 0 aromatic heterocycles. The van der Waals surface area contributed by atoms with Crippen molar-refractivity contribution in [3.05, 3.63) is 35.9 Å². The van der Waals surface area contributed by atoms with Gasteiger partial charge in [0.2, 0.25) is 0 Å². The van der Waals surface area contributed by atoms with Crippen molar-refractivity contribution in [3.8, 4) is 0 Å². The third kappa shape index (κ3) is 4.14. The molecule has 4 heteroatoms. The van der Waals surface area contributed by atoms with E-state index >= 15 is 0 Å². The van der Waals surface area contributed by atoms with E-state index in [0.29, 0.717) is 12.1 Å². The largest absolute Gasteiger partial charge is 0.311 e. The predicted molar refractivity (Wildman–Crippen MR) is 86.4 cm³/mol. The van der Waals surface area contributed by atoms with Gasteiger partial charge in [-0.15, -0.1) is 0 Å². The Kier molecular flexibility index (Phi) is 6.20. The number of hydrogen-bond donors (Lipinski definition) is 1. The van der Waals surface area contributed by atoms with Crippen LogP contribution in [0.15, 0.2) is 30.3 Å². The van der Waals surface area contributed by atoms with E-state index in [2.05, 4.69) is 47.5 Å². The molecule has 0 amide bonds. The molecule has 2 rings (SSSR count). The average molecular weight is 294 g/mol. The zero-order valence-electron chi connectivity index (χ0n) is 12.5. The molecule has 1 N–H and O–H groups in total. The highest BCUT2D eigenvalue weighted by atomic mass is 32.2. The van der Waals surface area contributed by atoms with E-state index in [4.69, 9.17) is 0 Å². The van der Waals surface area contributed by atoms with Gasteiger partial charge in [0.25, 0.3) is 0 Å². The smallest absolute Gasteiger partial charge is 0.0473 e. The summed E-state index contributed by atoms with van der Waals surface area (Å²) in [6.45, 7) is 7.19. The standard InChI is InChI=1S/C16H26N2OS/c1-3-15-13-18(10-11-20(19)4-2)16(12-17-15)14-8-6-5-7-9-14/h5-9,15-17H,3-4,10-13H2,1-2H3. The van der Waals surface area contributed by atoms with Gasteiger partial charge < -0.3 is 5.32 Å². The van der Waals surface area contributed by atoms with Gasteiger partial charge >= 0.3 is 0 Å². The van der Waals surface area contributed by atoms with Gasteiger partial charge in [0, 0.05) is 54.0 Å². The number of piperazine rings is 1. The fraction of sp³-hybridized carbons (Fsp3) is 0.625. The zero-order chi connectivity index (χ0) is 14.4. The summed E-state index contributed by atoms with van der Waals surface area (Å²) in [6.07, 6.45) is 1.15. The zero-order valence-corrected chi connectivity index (χ0v) is 13.4. The van der Waals surface area contributed by atoms with Gasteiger partial charge in [0.1, 0.15) is 0 Å². The lowest BCUT2D eigenvalue weighted by Gasteiger charge is -2.40. The molecule has 3 atom stereocenters. The van der Waals surface area contributed by atoms with Crippen LogP contribution in [-0.4, -0.2) is 46.3 Å². The van der Waals surface area contributed by atoms with Crippen molar-refractivity contribution in [2.24, 2.45) is 0 Å². The Balaban J connectivity index is 2.05. The highest BCUT2D eigenvalue weighted by Crippen LogP contribution is 2.23. The lowest BCUT2D eigenvalue weighted by Crippen LogP contribution is -2.52. The number of nitrogens with zero attached hydrogens (tertiary/aromatic N) is 1. The molecule has 1 fully saturated rings. The predicted octanol–water partition coefficient (Wildman–Crippen LogP) is 2.18. The first-order valence-corrected chi connectivity index (χ1v) is 9.10. The molecule has 0 saturated carbocycles. The fourth-order valence-corrected chi connectivity index (χ4v) is 3.50. The minimum atomic E-state index is -0.675. The van der Waals surface area contributed by atoms with Gasteiger partial charge in [-0.05, 0) is 12.0 Å². The van der Waals surface area contributed by atoms with Crippen molar-refractivity contribution in [2.45, 2.75) is 32.4 Å². The Morgan fingerprint density at radius 3 is 2.70 bits per heavy atom. The molecule has 1 aromatic carbocycles. The molecule has 1 aromatic rings. The molecular formula is C16H26N2OS. The highest BCUT2D eigenvalue weighted by molar-refractivity contribution is 7.84. The van der Waals surface area contributed by atoms with Crippen molar-refractivity contribution in [1.29, 1.82) is 0 Å². The maximum atomic E-state index is 11.7. The quantitative estimate of drug-likeness (QED) is 0.873. The van der Waals surface area contributed by atoms with Crippen LogP contribution in [0.2, 0.25) is 0 Å². The summed E-state index contributed by atoms with van der Waals surface area (Å²) in [7, 11) is -0.675. The van der Waals surface area contributed by atoms with Gasteiger partial charge in [-0.1, -0.05) is 44.2 Å². The van der Waals surface area contributed by atoms with Crippen LogP contribution in [0, 0.1) is 0 Å². The second-order valence-corrected chi connectivity index (χ2v) is 7.23. The summed E-state index contributed by atoms with van der Waals surface area (Å²) in [5.41, 5.74) is 1.36. The minimum Gasteiger partial charge on any atom is -0.311 e. The van der Waals surface area contributed by atoms with Crippen LogP contribution >= 0.6 is 0 Å². The number of benzene rings is 1. The third-order valence-electron chi connectivity index (χ3n) is 4.10. The van der Waals surface area contributed by atoms with E-state index in [1.165, 1.54) is 5.56 Å². The van der Waals surface area contributed by atoms with Crippen LogP contribution in [0.1, 0.15) is 31.9 Å². The Morgan fingerprint density at radius 2 is 2.05 bits per heavy atom. The Morgan fingerprint density at radius 1 is 1.30 bits per heavy atom. The first-order chi connectivity index (χ1) is 9.74. The van der Waals surface area contributed by atoms with Crippen molar-refractivity contribution >= 4 is 10.8 Å². The van der Waals surface area contributed by atoms with Crippen LogP contribution in [-0.2, 0) is 10.8 Å². The van der Waals surface area contributed by atoms with Crippen molar-refractivity contribution in [2.75, 3.05) is 31.1 Å². The van der Waals surface area contributed by atoms with Crippen LogP contribution in [0.3, 0.4) is 0 Å². The first kappa shape index (κ1) is 15.7. The second kappa shape index (κ2) is 7.91. The van der Waals surface area contributed by atoms with Crippen molar-refractivity contribution < 1.29 is 4.21 Å². The molecule has 1 saturated heterocycles. The molecule has 0 aliphatic carbocycles. The molecule has 0 spiro atoms. The van der Waals surface area contributed by atoms with E-state index in [1.807, 2.05) is 6.92 Å². The average Bonchev–Trinajstić information content (AvgIpc) is 2.53. The second-order valence-electron chi connectivity index (χ2n) is 5.37. The normalized spacial score (nSPS) is 25.5. The van der Waals surface area contributed by atoms with E-state index in [-0.39, 0.29) is 0 Å². The molecule has 0 radical (unpaired) electrons. The third-order valence-corrected chi connectivity index (χ3v) is 5.38. The minimum absolute atomic E-state index is 0.410. The van der Waals surface area contributed by atoms with Crippen LogP contribution in [0.4, 0.5) is 0 Å². The maximum Gasteiger partial charge on any atom is 0.0473 e. The van der Waals surface area contributed by atoms with E-state index in [0.717, 1.165) is 37.6 Å². The van der Waals surface area contributed by atoms with Crippen molar-refractivity contribution in [1.82, 2.24) is 10.2 Å². The number of hydrogen-bond acceptors (Lipinski definition) is 3. The summed E-state index contributed by atoms with van der Waals surface area (Å²) in [5, 5.41) is 3.63. The topological polar surface area (TPSA) is 32.3 Å². The summed E-state index contributed by atoms with van der Waals surface area (Å²) < 4.78 is 11.7. The lowest BCUT2D eigenvalue weighted by atomic mass is 10.0. The van der Waals surface area contributed by atoms with Gasteiger partial charge in [-0.2, -0.15) is 0 Å².